The van der Waals surface area contributed by atoms with Crippen LogP contribution < -0.4 is 5.73 Å². The van der Waals surface area contributed by atoms with E-state index in [1.54, 1.807) is 0 Å². The molecular weight excluding hydrogens is 226 g/mol. The predicted molar refractivity (Wildman–Crippen MR) is 76.3 cm³/mol. The summed E-state index contributed by atoms with van der Waals surface area (Å²) in [4.78, 5) is 6.43. The van der Waals surface area contributed by atoms with Gasteiger partial charge in [-0.2, -0.15) is 0 Å². The van der Waals surface area contributed by atoms with E-state index in [-0.39, 0.29) is 0 Å². The highest BCUT2D eigenvalue weighted by atomic mass is 28.3. The first-order chi connectivity index (χ1) is 7.78. The Balaban J connectivity index is 2.93. The Labute approximate surface area is 105 Å². The molecule has 1 aromatic heterocycles. The topological polar surface area (TPSA) is 42.1 Å². The van der Waals surface area contributed by atoms with E-state index in [0.29, 0.717) is 5.82 Å². The minimum Gasteiger partial charge on any atom is -0.383 e. The highest BCUT2D eigenvalue weighted by Crippen LogP contribution is 2.10. The number of nitrogens with zero attached hydrogens (tertiary/aromatic N) is 2. The molecule has 17 heavy (non-hydrogen) atoms. The second-order valence-corrected chi connectivity index (χ2v) is 10.2. The average molecular weight is 247 g/mol. The molecule has 0 aliphatic rings. The van der Waals surface area contributed by atoms with Gasteiger partial charge >= 0.3 is 0 Å². The molecule has 0 aliphatic carbocycles. The van der Waals surface area contributed by atoms with Crippen molar-refractivity contribution in [3.8, 4) is 11.5 Å². The number of rotatable bonds is 2. The maximum Gasteiger partial charge on any atom is 0.139 e. The standard InChI is InChI=1S/C13H21N3Si/c1-16(2)10-12-7-6-11(13(14)15-12)8-9-17(3,4)5/h6-7H,10H2,1-5H3,(H2,14,15). The fraction of sp³-hybridized carbons (Fsp3) is 0.462. The van der Waals surface area contributed by atoms with Gasteiger partial charge in [0.15, 0.2) is 0 Å². The lowest BCUT2D eigenvalue weighted by molar-refractivity contribution is 0.397. The molecule has 0 unspecified atom stereocenters. The Morgan fingerprint density at radius 2 is 1.94 bits per heavy atom. The lowest BCUT2D eigenvalue weighted by atomic mass is 10.2. The van der Waals surface area contributed by atoms with Gasteiger partial charge in [0.1, 0.15) is 13.9 Å². The van der Waals surface area contributed by atoms with Crippen molar-refractivity contribution in [3.05, 3.63) is 23.4 Å². The van der Waals surface area contributed by atoms with E-state index in [9.17, 15) is 0 Å². The summed E-state index contributed by atoms with van der Waals surface area (Å²) < 4.78 is 0. The van der Waals surface area contributed by atoms with Gasteiger partial charge in [0.05, 0.1) is 11.3 Å². The summed E-state index contributed by atoms with van der Waals surface area (Å²) in [7, 11) is 2.67. The highest BCUT2D eigenvalue weighted by molar-refractivity contribution is 6.83. The van der Waals surface area contributed by atoms with Crippen molar-refractivity contribution < 1.29 is 0 Å². The zero-order chi connectivity index (χ0) is 13.1. The first-order valence-electron chi connectivity index (χ1n) is 5.71. The van der Waals surface area contributed by atoms with E-state index in [2.05, 4.69) is 41.0 Å². The normalized spacial score (nSPS) is 11.2. The number of hydrogen-bond acceptors (Lipinski definition) is 3. The zero-order valence-electron chi connectivity index (χ0n) is 11.3. The van der Waals surface area contributed by atoms with E-state index in [0.717, 1.165) is 17.8 Å². The molecule has 1 rings (SSSR count). The molecule has 0 spiro atoms. The van der Waals surface area contributed by atoms with Crippen LogP contribution in [0.2, 0.25) is 19.6 Å². The third-order valence-corrected chi connectivity index (χ3v) is 2.91. The molecule has 0 aliphatic heterocycles. The summed E-state index contributed by atoms with van der Waals surface area (Å²) in [6, 6.07) is 3.96. The third-order valence-electron chi connectivity index (χ3n) is 2.03. The molecule has 0 saturated carbocycles. The largest absolute Gasteiger partial charge is 0.383 e. The first kappa shape index (κ1) is 13.8. The highest BCUT2D eigenvalue weighted by Gasteiger charge is 2.08. The smallest absolute Gasteiger partial charge is 0.139 e. The molecule has 0 atom stereocenters. The van der Waals surface area contributed by atoms with Crippen LogP contribution in [0.4, 0.5) is 5.82 Å². The maximum absolute atomic E-state index is 5.91. The van der Waals surface area contributed by atoms with Gasteiger partial charge in [-0.05, 0) is 26.2 Å². The van der Waals surface area contributed by atoms with E-state index in [1.165, 1.54) is 0 Å². The Morgan fingerprint density at radius 1 is 1.29 bits per heavy atom. The van der Waals surface area contributed by atoms with Gasteiger partial charge in [-0.3, -0.25) is 0 Å². The first-order valence-corrected chi connectivity index (χ1v) is 9.21. The maximum atomic E-state index is 5.91. The Bertz CT molecular complexity index is 450. The third kappa shape index (κ3) is 5.03. The molecule has 0 aromatic carbocycles. The number of nitrogen functional groups attached to an aromatic ring is 1. The van der Waals surface area contributed by atoms with Crippen LogP contribution in [0.15, 0.2) is 12.1 Å². The Kier molecular flexibility index (Phi) is 4.32. The second-order valence-electron chi connectivity index (χ2n) is 5.47. The summed E-state index contributed by atoms with van der Waals surface area (Å²) in [6.45, 7) is 7.43. The van der Waals surface area contributed by atoms with Crippen LogP contribution in [0.1, 0.15) is 11.3 Å². The second kappa shape index (κ2) is 5.35. The van der Waals surface area contributed by atoms with E-state index in [1.807, 2.05) is 26.2 Å². The SMILES string of the molecule is CN(C)Cc1ccc(C#C[Si](C)(C)C)c(N)n1. The van der Waals surface area contributed by atoms with Gasteiger partial charge in [-0.1, -0.05) is 25.6 Å². The van der Waals surface area contributed by atoms with Crippen LogP contribution in [0.25, 0.3) is 0 Å². The molecule has 4 heteroatoms. The molecule has 0 fully saturated rings. The summed E-state index contributed by atoms with van der Waals surface area (Å²) in [5.41, 5.74) is 11.0. The summed E-state index contributed by atoms with van der Waals surface area (Å²) >= 11 is 0. The summed E-state index contributed by atoms with van der Waals surface area (Å²) in [6.07, 6.45) is 0. The van der Waals surface area contributed by atoms with Crippen molar-refractivity contribution in [2.75, 3.05) is 19.8 Å². The van der Waals surface area contributed by atoms with Crippen molar-refractivity contribution in [1.82, 2.24) is 9.88 Å². The quantitative estimate of drug-likeness (QED) is 0.641. The molecular formula is C13H21N3Si. The van der Waals surface area contributed by atoms with E-state index >= 15 is 0 Å². The zero-order valence-corrected chi connectivity index (χ0v) is 12.3. The van der Waals surface area contributed by atoms with Crippen LogP contribution in [0, 0.1) is 11.5 Å². The van der Waals surface area contributed by atoms with Gasteiger partial charge < -0.3 is 10.6 Å². The van der Waals surface area contributed by atoms with Gasteiger partial charge in [0, 0.05) is 6.54 Å². The van der Waals surface area contributed by atoms with Crippen LogP contribution in [-0.4, -0.2) is 32.1 Å². The monoisotopic (exact) mass is 247 g/mol. The van der Waals surface area contributed by atoms with Crippen molar-refractivity contribution in [2.24, 2.45) is 0 Å². The number of hydrogen-bond donors (Lipinski definition) is 1. The number of aromatic nitrogens is 1. The molecule has 0 amide bonds. The molecule has 1 heterocycles. The summed E-state index contributed by atoms with van der Waals surface area (Å²) in [5, 5.41) is 0. The lowest BCUT2D eigenvalue weighted by Crippen LogP contribution is -2.16. The van der Waals surface area contributed by atoms with Crippen LogP contribution in [0.3, 0.4) is 0 Å². The van der Waals surface area contributed by atoms with Crippen molar-refractivity contribution >= 4 is 13.9 Å². The van der Waals surface area contributed by atoms with Crippen LogP contribution in [0.5, 0.6) is 0 Å². The van der Waals surface area contributed by atoms with Gasteiger partial charge in [-0.25, -0.2) is 4.98 Å². The molecule has 0 radical (unpaired) electrons. The lowest BCUT2D eigenvalue weighted by Gasteiger charge is -2.09. The van der Waals surface area contributed by atoms with Crippen molar-refractivity contribution in [3.63, 3.8) is 0 Å². The van der Waals surface area contributed by atoms with Gasteiger partial charge in [0.2, 0.25) is 0 Å². The van der Waals surface area contributed by atoms with Crippen molar-refractivity contribution in [2.45, 2.75) is 26.2 Å². The van der Waals surface area contributed by atoms with Crippen molar-refractivity contribution in [1.29, 1.82) is 0 Å². The fourth-order valence-electron chi connectivity index (χ4n) is 1.29. The molecule has 3 nitrogen and oxygen atoms in total. The molecule has 92 valence electrons. The van der Waals surface area contributed by atoms with Gasteiger partial charge in [-0.15, -0.1) is 5.54 Å². The van der Waals surface area contributed by atoms with Gasteiger partial charge in [0.25, 0.3) is 0 Å². The number of pyridine rings is 1. The minimum absolute atomic E-state index is 0.537. The van der Waals surface area contributed by atoms with Crippen LogP contribution in [-0.2, 0) is 6.54 Å². The predicted octanol–water partition coefficient (Wildman–Crippen LogP) is 1.95. The van der Waals surface area contributed by atoms with Crippen LogP contribution >= 0.6 is 0 Å². The summed E-state index contributed by atoms with van der Waals surface area (Å²) in [5.74, 6) is 3.68. The molecule has 1 aromatic rings. The fourth-order valence-corrected chi connectivity index (χ4v) is 1.80. The molecule has 2 N–H and O–H groups in total. The molecule has 0 bridgehead atoms. The Morgan fingerprint density at radius 3 is 2.41 bits per heavy atom. The Hall–Kier alpha value is -1.31. The molecule has 0 saturated heterocycles. The minimum atomic E-state index is -1.36. The number of anilines is 1. The average Bonchev–Trinajstić information content (AvgIpc) is 2.13. The van der Waals surface area contributed by atoms with E-state index in [4.69, 9.17) is 5.73 Å². The van der Waals surface area contributed by atoms with E-state index < -0.39 is 8.07 Å². The number of nitrogens with two attached hydrogens (primary N) is 1.